The number of rotatable bonds is 6. The van der Waals surface area contributed by atoms with Crippen molar-refractivity contribution in [2.24, 2.45) is 7.05 Å². The zero-order valence-corrected chi connectivity index (χ0v) is 15.9. The number of amides is 1. The molecule has 29 heavy (non-hydrogen) atoms. The number of nitrogens with zero attached hydrogens (tertiary/aromatic N) is 3. The molecule has 0 aliphatic heterocycles. The van der Waals surface area contributed by atoms with Gasteiger partial charge in [-0.3, -0.25) is 9.48 Å². The van der Waals surface area contributed by atoms with Gasteiger partial charge in [-0.05, 0) is 47.7 Å². The second kappa shape index (κ2) is 7.73. The first-order chi connectivity index (χ1) is 13.9. The van der Waals surface area contributed by atoms with E-state index in [-0.39, 0.29) is 17.4 Å². The van der Waals surface area contributed by atoms with Gasteiger partial charge < -0.3 is 4.90 Å². The monoisotopic (exact) mass is 399 g/mol. The van der Waals surface area contributed by atoms with E-state index in [0.29, 0.717) is 6.54 Å². The average Bonchev–Trinajstić information content (AvgIpc) is 3.47. The van der Waals surface area contributed by atoms with Gasteiger partial charge in [0.25, 0.3) is 12.3 Å². The van der Waals surface area contributed by atoms with E-state index >= 15 is 0 Å². The standard InChI is InChI=1S/C22H20F3N3O/c1-27-13-19(20(26-27)21(24)25)22(29)28(18-9-10-18)12-14-3-2-4-16(11-14)15-5-7-17(23)8-6-15/h2-8,11,13,18,21H,9-10,12H2,1H3. The largest absolute Gasteiger partial charge is 0.331 e. The third-order valence-electron chi connectivity index (χ3n) is 5.00. The highest BCUT2D eigenvalue weighted by Gasteiger charge is 2.35. The predicted octanol–water partition coefficient (Wildman–Crippen LogP) is 4.97. The Kier molecular flexibility index (Phi) is 5.13. The normalized spacial score (nSPS) is 13.7. The van der Waals surface area contributed by atoms with Gasteiger partial charge in [0, 0.05) is 25.8 Å². The molecular weight excluding hydrogens is 379 g/mol. The molecule has 0 spiro atoms. The molecule has 1 aliphatic rings. The molecule has 4 nitrogen and oxygen atoms in total. The number of aryl methyl sites for hydroxylation is 1. The van der Waals surface area contributed by atoms with Crippen molar-refractivity contribution in [3.8, 4) is 11.1 Å². The topological polar surface area (TPSA) is 38.1 Å². The van der Waals surface area contributed by atoms with Crippen molar-refractivity contribution < 1.29 is 18.0 Å². The first kappa shape index (κ1) is 19.2. The van der Waals surface area contributed by atoms with Crippen LogP contribution in [0.1, 0.15) is 40.9 Å². The molecule has 1 saturated carbocycles. The predicted molar refractivity (Wildman–Crippen MR) is 103 cm³/mol. The average molecular weight is 399 g/mol. The Hall–Kier alpha value is -3.09. The lowest BCUT2D eigenvalue weighted by Gasteiger charge is -2.23. The molecule has 0 unspecified atom stereocenters. The number of halogens is 3. The maximum absolute atomic E-state index is 13.3. The number of hydrogen-bond acceptors (Lipinski definition) is 2. The van der Waals surface area contributed by atoms with E-state index < -0.39 is 18.0 Å². The van der Waals surface area contributed by atoms with Crippen molar-refractivity contribution in [3.05, 3.63) is 77.4 Å². The lowest BCUT2D eigenvalue weighted by Crippen LogP contribution is -2.33. The summed E-state index contributed by atoms with van der Waals surface area (Å²) in [6.45, 7) is 0.316. The van der Waals surface area contributed by atoms with E-state index in [1.165, 1.54) is 30.1 Å². The van der Waals surface area contributed by atoms with E-state index in [4.69, 9.17) is 0 Å². The van der Waals surface area contributed by atoms with Crippen LogP contribution in [0, 0.1) is 5.82 Å². The van der Waals surface area contributed by atoms with Crippen molar-refractivity contribution >= 4 is 5.91 Å². The summed E-state index contributed by atoms with van der Waals surface area (Å²) in [5.74, 6) is -0.732. The highest BCUT2D eigenvalue weighted by molar-refractivity contribution is 5.95. The quantitative estimate of drug-likeness (QED) is 0.587. The summed E-state index contributed by atoms with van der Waals surface area (Å²) in [5.41, 5.74) is 2.12. The third kappa shape index (κ3) is 4.18. The number of carbonyl (C=O) groups is 1. The number of alkyl halides is 2. The molecule has 0 N–H and O–H groups in total. The number of carbonyl (C=O) groups excluding carboxylic acids is 1. The van der Waals surface area contributed by atoms with E-state index in [1.807, 2.05) is 24.3 Å². The summed E-state index contributed by atoms with van der Waals surface area (Å²) in [6, 6.07) is 13.9. The van der Waals surface area contributed by atoms with Crippen molar-refractivity contribution in [2.45, 2.75) is 31.9 Å². The molecule has 2 aromatic carbocycles. The van der Waals surface area contributed by atoms with Crippen LogP contribution in [0.5, 0.6) is 0 Å². The molecule has 150 valence electrons. The summed E-state index contributed by atoms with van der Waals surface area (Å²) in [5, 5.41) is 3.75. The minimum Gasteiger partial charge on any atom is -0.331 e. The van der Waals surface area contributed by atoms with Crippen LogP contribution in [-0.2, 0) is 13.6 Å². The minimum atomic E-state index is -2.81. The van der Waals surface area contributed by atoms with E-state index in [9.17, 15) is 18.0 Å². The molecule has 0 radical (unpaired) electrons. The highest BCUT2D eigenvalue weighted by Crippen LogP contribution is 2.32. The molecule has 0 bridgehead atoms. The van der Waals surface area contributed by atoms with E-state index in [2.05, 4.69) is 5.10 Å². The second-order valence-electron chi connectivity index (χ2n) is 7.27. The first-order valence-electron chi connectivity index (χ1n) is 9.40. The third-order valence-corrected chi connectivity index (χ3v) is 5.00. The van der Waals surface area contributed by atoms with Gasteiger partial charge in [-0.1, -0.05) is 30.3 Å². The number of aromatic nitrogens is 2. The molecule has 1 heterocycles. The Morgan fingerprint density at radius 2 is 1.90 bits per heavy atom. The molecule has 0 atom stereocenters. The Morgan fingerprint density at radius 3 is 2.55 bits per heavy atom. The molecule has 1 aromatic heterocycles. The highest BCUT2D eigenvalue weighted by atomic mass is 19.3. The van der Waals surface area contributed by atoms with Crippen LogP contribution in [0.4, 0.5) is 13.2 Å². The number of hydrogen-bond donors (Lipinski definition) is 0. The van der Waals surface area contributed by atoms with Gasteiger partial charge in [0.1, 0.15) is 11.5 Å². The van der Waals surface area contributed by atoms with Crippen LogP contribution in [0.2, 0.25) is 0 Å². The molecular formula is C22H20F3N3O. The van der Waals surface area contributed by atoms with Gasteiger partial charge >= 0.3 is 0 Å². The Balaban J connectivity index is 1.60. The van der Waals surface area contributed by atoms with Crippen LogP contribution < -0.4 is 0 Å². The van der Waals surface area contributed by atoms with E-state index in [1.54, 1.807) is 17.0 Å². The number of benzene rings is 2. The lowest BCUT2D eigenvalue weighted by atomic mass is 10.0. The summed E-state index contributed by atoms with van der Waals surface area (Å²) in [4.78, 5) is 14.7. The Morgan fingerprint density at radius 1 is 1.17 bits per heavy atom. The maximum Gasteiger partial charge on any atom is 0.282 e. The molecule has 0 saturated heterocycles. The van der Waals surface area contributed by atoms with Gasteiger partial charge in [-0.25, -0.2) is 13.2 Å². The van der Waals surface area contributed by atoms with Crippen LogP contribution in [-0.4, -0.2) is 26.6 Å². The fraction of sp³-hybridized carbons (Fsp3) is 0.273. The Bertz CT molecular complexity index is 1030. The van der Waals surface area contributed by atoms with Gasteiger partial charge in [-0.15, -0.1) is 0 Å². The summed E-state index contributed by atoms with van der Waals surface area (Å²) in [6.07, 6.45) is 0.258. The summed E-state index contributed by atoms with van der Waals surface area (Å²) < 4.78 is 41.0. The zero-order valence-electron chi connectivity index (χ0n) is 15.9. The van der Waals surface area contributed by atoms with Crippen molar-refractivity contribution in [1.29, 1.82) is 0 Å². The molecule has 1 fully saturated rings. The molecule has 3 aromatic rings. The van der Waals surface area contributed by atoms with Crippen molar-refractivity contribution in [2.75, 3.05) is 0 Å². The van der Waals surface area contributed by atoms with Crippen molar-refractivity contribution in [3.63, 3.8) is 0 Å². The fourth-order valence-electron chi connectivity index (χ4n) is 3.43. The smallest absolute Gasteiger partial charge is 0.282 e. The van der Waals surface area contributed by atoms with Crippen molar-refractivity contribution in [1.82, 2.24) is 14.7 Å². The zero-order chi connectivity index (χ0) is 20.5. The van der Waals surface area contributed by atoms with Gasteiger partial charge in [0.05, 0.1) is 5.56 Å². The summed E-state index contributed by atoms with van der Waals surface area (Å²) in [7, 11) is 1.52. The van der Waals surface area contributed by atoms with Crippen LogP contribution >= 0.6 is 0 Å². The maximum atomic E-state index is 13.3. The van der Waals surface area contributed by atoms with Crippen LogP contribution in [0.3, 0.4) is 0 Å². The lowest BCUT2D eigenvalue weighted by molar-refractivity contribution is 0.0717. The molecule has 1 amide bonds. The Labute approximate surface area is 166 Å². The summed E-state index contributed by atoms with van der Waals surface area (Å²) >= 11 is 0. The molecule has 4 rings (SSSR count). The van der Waals surface area contributed by atoms with Crippen LogP contribution in [0.15, 0.2) is 54.7 Å². The fourth-order valence-corrected chi connectivity index (χ4v) is 3.43. The van der Waals surface area contributed by atoms with Gasteiger partial charge in [-0.2, -0.15) is 5.10 Å². The van der Waals surface area contributed by atoms with Crippen LogP contribution in [0.25, 0.3) is 11.1 Å². The van der Waals surface area contributed by atoms with E-state index in [0.717, 1.165) is 29.5 Å². The first-order valence-corrected chi connectivity index (χ1v) is 9.40. The van der Waals surface area contributed by atoms with Gasteiger partial charge in [0.15, 0.2) is 0 Å². The molecule has 1 aliphatic carbocycles. The SMILES string of the molecule is Cn1cc(C(=O)N(Cc2cccc(-c3ccc(F)cc3)c2)C2CC2)c(C(F)F)n1. The van der Waals surface area contributed by atoms with Gasteiger partial charge in [0.2, 0.25) is 0 Å². The second-order valence-corrected chi connectivity index (χ2v) is 7.27. The molecule has 7 heteroatoms. The minimum absolute atomic E-state index is 0.0442.